The van der Waals surface area contributed by atoms with Crippen LogP contribution in [0.25, 0.3) is 0 Å². The highest BCUT2D eigenvalue weighted by molar-refractivity contribution is 7.92. The highest BCUT2D eigenvalue weighted by atomic mass is 32.2. The van der Waals surface area contributed by atoms with Gasteiger partial charge in [0.1, 0.15) is 11.8 Å². The summed E-state index contributed by atoms with van der Waals surface area (Å²) in [5.41, 5.74) is 3.38. The van der Waals surface area contributed by atoms with Gasteiger partial charge in [0.2, 0.25) is 21.8 Å². The van der Waals surface area contributed by atoms with Crippen LogP contribution in [0.15, 0.2) is 78.9 Å². The highest BCUT2D eigenvalue weighted by Crippen LogP contribution is 2.30. The molecule has 0 aliphatic rings. The fourth-order valence-electron chi connectivity index (χ4n) is 4.63. The number of hydrogen-bond acceptors (Lipinski definition) is 5. The van der Waals surface area contributed by atoms with Crippen LogP contribution in [0, 0.1) is 6.92 Å². The van der Waals surface area contributed by atoms with Gasteiger partial charge in [-0.25, -0.2) is 8.42 Å². The lowest BCUT2D eigenvalue weighted by molar-refractivity contribution is -0.141. The molecule has 3 rings (SSSR count). The Morgan fingerprint density at radius 2 is 1.59 bits per heavy atom. The van der Waals surface area contributed by atoms with Crippen molar-refractivity contribution in [2.45, 2.75) is 52.1 Å². The van der Waals surface area contributed by atoms with Crippen LogP contribution in [0.2, 0.25) is 0 Å². The van der Waals surface area contributed by atoms with Crippen molar-refractivity contribution < 1.29 is 22.7 Å². The van der Waals surface area contributed by atoms with E-state index in [0.29, 0.717) is 24.4 Å². The second-order valence-corrected chi connectivity index (χ2v) is 12.0. The van der Waals surface area contributed by atoms with E-state index in [9.17, 15) is 18.0 Å². The van der Waals surface area contributed by atoms with E-state index in [0.717, 1.165) is 29.4 Å². The molecule has 0 bridgehead atoms. The van der Waals surface area contributed by atoms with Gasteiger partial charge in [-0.2, -0.15) is 0 Å². The van der Waals surface area contributed by atoms with Crippen LogP contribution in [0.4, 0.5) is 5.69 Å². The number of hydrogen-bond donors (Lipinski definition) is 1. The summed E-state index contributed by atoms with van der Waals surface area (Å²) >= 11 is 0. The largest absolute Gasteiger partial charge is 0.495 e. The molecule has 3 aromatic carbocycles. The lowest BCUT2D eigenvalue weighted by Crippen LogP contribution is -2.50. The van der Waals surface area contributed by atoms with Gasteiger partial charge in [-0.3, -0.25) is 13.9 Å². The van der Waals surface area contributed by atoms with Gasteiger partial charge in [0, 0.05) is 32.5 Å². The molecule has 0 heterocycles. The Labute approximate surface area is 244 Å². The van der Waals surface area contributed by atoms with Crippen LogP contribution in [0.5, 0.6) is 5.75 Å². The van der Waals surface area contributed by atoms with E-state index in [4.69, 9.17) is 4.74 Å². The Morgan fingerprint density at radius 1 is 0.927 bits per heavy atom. The summed E-state index contributed by atoms with van der Waals surface area (Å²) in [4.78, 5) is 29.0. The number of nitrogens with zero attached hydrogens (tertiary/aromatic N) is 2. The van der Waals surface area contributed by atoms with Gasteiger partial charge in [-0.1, -0.05) is 79.2 Å². The number of ether oxygens (including phenoxy) is 1. The topological polar surface area (TPSA) is 96.0 Å². The zero-order chi connectivity index (χ0) is 29.8. The standard InChI is InChI=1S/C32H41N3O5S/c1-5-21-33-32(37)29(23-26-12-7-6-8-13-26)34(24-27-19-17-25(2)18-20-27)31(36)16-11-22-35(41(4,38)39)28-14-9-10-15-30(28)40-3/h6-10,12-15,17-20,29H,5,11,16,21-24H2,1-4H3,(H,33,37)/t29-/m1/s1. The molecule has 0 spiro atoms. The molecule has 0 aliphatic carbocycles. The quantitative estimate of drug-likeness (QED) is 0.281. The van der Waals surface area contributed by atoms with Gasteiger partial charge < -0.3 is 15.0 Å². The maximum Gasteiger partial charge on any atom is 0.243 e. The Morgan fingerprint density at radius 3 is 2.22 bits per heavy atom. The Bertz CT molecular complexity index is 1380. The minimum Gasteiger partial charge on any atom is -0.495 e. The minimum absolute atomic E-state index is 0.0688. The predicted molar refractivity (Wildman–Crippen MR) is 163 cm³/mol. The molecule has 1 atom stereocenters. The fraction of sp³-hybridized carbons (Fsp3) is 0.375. The van der Waals surface area contributed by atoms with E-state index in [1.54, 1.807) is 29.2 Å². The molecular formula is C32H41N3O5S. The molecule has 3 aromatic rings. The first kappa shape index (κ1) is 31.7. The van der Waals surface area contributed by atoms with E-state index in [-0.39, 0.29) is 37.7 Å². The van der Waals surface area contributed by atoms with Gasteiger partial charge in [0.15, 0.2) is 0 Å². The van der Waals surface area contributed by atoms with Crippen molar-refractivity contribution >= 4 is 27.5 Å². The Kier molecular flexibility index (Phi) is 11.8. The molecule has 9 heteroatoms. The summed E-state index contributed by atoms with van der Waals surface area (Å²) in [7, 11) is -2.15. The number of sulfonamides is 1. The third-order valence-corrected chi connectivity index (χ3v) is 7.98. The van der Waals surface area contributed by atoms with E-state index in [1.807, 2.05) is 68.4 Å². The molecule has 0 aromatic heterocycles. The number of para-hydroxylation sites is 2. The van der Waals surface area contributed by atoms with Crippen molar-refractivity contribution in [3.63, 3.8) is 0 Å². The van der Waals surface area contributed by atoms with Crippen LogP contribution in [-0.2, 0) is 32.6 Å². The van der Waals surface area contributed by atoms with Gasteiger partial charge in [-0.15, -0.1) is 0 Å². The molecule has 41 heavy (non-hydrogen) atoms. The number of carbonyl (C=O) groups excluding carboxylic acids is 2. The van der Waals surface area contributed by atoms with Crippen LogP contribution in [-0.4, -0.2) is 57.6 Å². The van der Waals surface area contributed by atoms with Crippen molar-refractivity contribution in [2.24, 2.45) is 0 Å². The first-order valence-corrected chi connectivity index (χ1v) is 15.8. The summed E-state index contributed by atoms with van der Waals surface area (Å²) in [6.07, 6.45) is 2.62. The summed E-state index contributed by atoms with van der Waals surface area (Å²) < 4.78 is 32.0. The molecule has 0 unspecified atom stereocenters. The molecule has 2 amide bonds. The normalized spacial score (nSPS) is 11.9. The maximum atomic E-state index is 13.9. The van der Waals surface area contributed by atoms with Gasteiger partial charge in [-0.05, 0) is 43.0 Å². The minimum atomic E-state index is -3.64. The molecule has 0 aliphatic heterocycles. The third kappa shape index (κ3) is 9.35. The SMILES string of the molecule is CCCNC(=O)[C@@H](Cc1ccccc1)N(Cc1ccc(C)cc1)C(=O)CCCN(c1ccccc1OC)S(C)(=O)=O. The second kappa shape index (κ2) is 15.2. The summed E-state index contributed by atoms with van der Waals surface area (Å²) in [6.45, 7) is 4.85. The number of methoxy groups -OCH3 is 1. The summed E-state index contributed by atoms with van der Waals surface area (Å²) in [5.74, 6) is 0.00958. The molecule has 1 N–H and O–H groups in total. The van der Waals surface area contributed by atoms with Crippen molar-refractivity contribution in [2.75, 3.05) is 30.8 Å². The lowest BCUT2D eigenvalue weighted by atomic mass is 10.0. The Balaban J connectivity index is 1.88. The monoisotopic (exact) mass is 579 g/mol. The average molecular weight is 580 g/mol. The number of amides is 2. The van der Waals surface area contributed by atoms with E-state index < -0.39 is 16.1 Å². The summed E-state index contributed by atoms with van der Waals surface area (Å²) in [5, 5.41) is 2.98. The van der Waals surface area contributed by atoms with E-state index >= 15 is 0 Å². The third-order valence-electron chi connectivity index (χ3n) is 6.80. The molecule has 0 radical (unpaired) electrons. The lowest BCUT2D eigenvalue weighted by Gasteiger charge is -2.32. The first-order chi connectivity index (χ1) is 19.6. The van der Waals surface area contributed by atoms with Crippen molar-refractivity contribution in [3.05, 3.63) is 95.6 Å². The molecule has 8 nitrogen and oxygen atoms in total. The van der Waals surface area contributed by atoms with Gasteiger partial charge >= 0.3 is 0 Å². The van der Waals surface area contributed by atoms with Crippen molar-refractivity contribution in [1.29, 1.82) is 0 Å². The molecule has 0 saturated heterocycles. The van der Waals surface area contributed by atoms with Gasteiger partial charge in [0.25, 0.3) is 0 Å². The van der Waals surface area contributed by atoms with Crippen LogP contribution in [0.3, 0.4) is 0 Å². The van der Waals surface area contributed by atoms with E-state index in [2.05, 4.69) is 5.32 Å². The van der Waals surface area contributed by atoms with Gasteiger partial charge in [0.05, 0.1) is 19.1 Å². The van der Waals surface area contributed by atoms with Crippen molar-refractivity contribution in [3.8, 4) is 5.75 Å². The van der Waals surface area contributed by atoms with Crippen molar-refractivity contribution in [1.82, 2.24) is 10.2 Å². The predicted octanol–water partition coefficient (Wildman–Crippen LogP) is 4.72. The van der Waals surface area contributed by atoms with E-state index in [1.165, 1.54) is 11.4 Å². The molecule has 220 valence electrons. The number of anilines is 1. The number of benzene rings is 3. The Hall–Kier alpha value is -3.85. The number of carbonyl (C=O) groups is 2. The molecule has 0 fully saturated rings. The zero-order valence-corrected chi connectivity index (χ0v) is 25.2. The second-order valence-electron chi connectivity index (χ2n) is 10.1. The fourth-order valence-corrected chi connectivity index (χ4v) is 5.60. The number of aryl methyl sites for hydroxylation is 1. The highest BCUT2D eigenvalue weighted by Gasteiger charge is 2.30. The molecular weight excluding hydrogens is 538 g/mol. The summed E-state index contributed by atoms with van der Waals surface area (Å²) in [6, 6.07) is 23.7. The number of nitrogens with one attached hydrogen (secondary N) is 1. The van der Waals surface area contributed by atoms with Crippen LogP contribution in [0.1, 0.15) is 42.9 Å². The maximum absolute atomic E-state index is 13.9. The van der Waals surface area contributed by atoms with Crippen LogP contribution >= 0.6 is 0 Å². The molecule has 0 saturated carbocycles. The smallest absolute Gasteiger partial charge is 0.243 e. The average Bonchev–Trinajstić information content (AvgIpc) is 2.96. The zero-order valence-electron chi connectivity index (χ0n) is 24.4. The first-order valence-electron chi connectivity index (χ1n) is 13.9. The van der Waals surface area contributed by atoms with Crippen LogP contribution < -0.4 is 14.4 Å². The number of rotatable bonds is 15.